The van der Waals surface area contributed by atoms with E-state index in [4.69, 9.17) is 0 Å². The second-order valence-electron chi connectivity index (χ2n) is 7.38. The van der Waals surface area contributed by atoms with Crippen LogP contribution in [0.15, 0.2) is 41.2 Å². The lowest BCUT2D eigenvalue weighted by Gasteiger charge is -2.35. The molecule has 29 heavy (non-hydrogen) atoms. The van der Waals surface area contributed by atoms with Crippen LogP contribution in [-0.4, -0.2) is 48.1 Å². The summed E-state index contributed by atoms with van der Waals surface area (Å²) in [6.07, 6.45) is -4.66. The topological polar surface area (TPSA) is 52.2 Å². The van der Waals surface area contributed by atoms with E-state index in [9.17, 15) is 18.0 Å². The number of hydrogen-bond acceptors (Lipinski definition) is 4. The van der Waals surface area contributed by atoms with Gasteiger partial charge in [0.2, 0.25) is 0 Å². The molecule has 0 bridgehead atoms. The number of fused-ring (bicyclic) bond motifs is 1. The monoisotopic (exact) mass is 402 g/mol. The molecule has 0 spiro atoms. The first kappa shape index (κ1) is 19.4. The van der Waals surface area contributed by atoms with Crippen molar-refractivity contribution in [2.24, 2.45) is 0 Å². The van der Waals surface area contributed by atoms with Crippen molar-refractivity contribution in [2.45, 2.75) is 13.1 Å². The number of benzene rings is 1. The number of aromatic nitrogens is 2. The minimum absolute atomic E-state index is 0.0352. The van der Waals surface area contributed by atoms with Crippen molar-refractivity contribution >= 4 is 16.7 Å². The van der Waals surface area contributed by atoms with Crippen LogP contribution in [0.5, 0.6) is 0 Å². The maximum atomic E-state index is 14.2. The van der Waals surface area contributed by atoms with Crippen LogP contribution >= 0.6 is 0 Å². The number of piperazine rings is 1. The van der Waals surface area contributed by atoms with E-state index in [1.54, 1.807) is 36.1 Å². The van der Waals surface area contributed by atoms with E-state index in [1.165, 1.54) is 6.07 Å². The summed E-state index contributed by atoms with van der Waals surface area (Å²) in [5, 5.41) is -0.0352. The van der Waals surface area contributed by atoms with Gasteiger partial charge in [-0.2, -0.15) is 13.2 Å². The Kier molecular flexibility index (Phi) is 4.82. The molecule has 1 N–H and O–H groups in total. The highest BCUT2D eigenvalue weighted by molar-refractivity contribution is 5.97. The number of pyridine rings is 2. The molecule has 1 aliphatic rings. The van der Waals surface area contributed by atoms with Gasteiger partial charge in [0.15, 0.2) is 5.43 Å². The lowest BCUT2D eigenvalue weighted by Crippen LogP contribution is -2.45. The molecule has 0 saturated carbocycles. The smallest absolute Gasteiger partial charge is 0.358 e. The first-order chi connectivity index (χ1) is 13.8. The van der Waals surface area contributed by atoms with Gasteiger partial charge in [-0.25, -0.2) is 4.98 Å². The summed E-state index contributed by atoms with van der Waals surface area (Å²) < 4.78 is 42.6. The lowest BCUT2D eigenvalue weighted by molar-refractivity contribution is -0.136. The van der Waals surface area contributed by atoms with E-state index in [0.29, 0.717) is 37.4 Å². The summed E-state index contributed by atoms with van der Waals surface area (Å²) in [4.78, 5) is 23.7. The molecule has 1 aromatic carbocycles. The second kappa shape index (κ2) is 7.18. The number of halogens is 3. The Labute approximate surface area is 165 Å². The number of aryl methyl sites for hydroxylation is 1. The predicted octanol–water partition coefficient (Wildman–Crippen LogP) is 3.67. The lowest BCUT2D eigenvalue weighted by atomic mass is 10.0. The van der Waals surface area contributed by atoms with Crippen molar-refractivity contribution in [3.05, 3.63) is 57.9 Å². The number of likely N-dealkylation sites (N-methyl/N-ethyl adjacent to an activating group) is 1. The molecule has 4 rings (SSSR count). The van der Waals surface area contributed by atoms with Crippen LogP contribution in [0.4, 0.5) is 19.0 Å². The Morgan fingerprint density at radius 1 is 1.07 bits per heavy atom. The van der Waals surface area contributed by atoms with Gasteiger partial charge in [-0.3, -0.25) is 4.79 Å². The number of hydrogen-bond donors (Lipinski definition) is 1. The maximum absolute atomic E-state index is 14.2. The van der Waals surface area contributed by atoms with Crippen molar-refractivity contribution in [1.82, 2.24) is 14.9 Å². The molecule has 1 fully saturated rings. The molecule has 152 valence electrons. The SMILES string of the molecule is Cc1cc(=O)c2c(-c3ccccc3)nc(N3CCN(C)CC3)c(C(F)(F)F)c2[nH]1. The largest absolute Gasteiger partial charge is 0.421 e. The highest BCUT2D eigenvalue weighted by Crippen LogP contribution is 2.42. The van der Waals surface area contributed by atoms with Gasteiger partial charge in [0.25, 0.3) is 0 Å². The number of alkyl halides is 3. The number of anilines is 1. The van der Waals surface area contributed by atoms with Gasteiger partial charge >= 0.3 is 6.18 Å². The molecule has 8 heteroatoms. The van der Waals surface area contributed by atoms with Crippen molar-refractivity contribution in [2.75, 3.05) is 38.1 Å². The fourth-order valence-electron chi connectivity index (χ4n) is 3.76. The number of nitrogens with zero attached hydrogens (tertiary/aromatic N) is 3. The molecular formula is C21H21F3N4O. The highest BCUT2D eigenvalue weighted by Gasteiger charge is 2.40. The van der Waals surface area contributed by atoms with Gasteiger partial charge in [0.1, 0.15) is 11.4 Å². The molecule has 0 unspecified atom stereocenters. The summed E-state index contributed by atoms with van der Waals surface area (Å²) in [5.74, 6) is -0.127. The van der Waals surface area contributed by atoms with Crippen molar-refractivity contribution in [3.63, 3.8) is 0 Å². The molecule has 0 atom stereocenters. The molecule has 0 amide bonds. The standard InChI is InChI=1S/C21H21F3N4O/c1-13-12-15(29)16-18(14-6-4-3-5-7-14)26-20(28-10-8-27(2)9-11-28)17(19(16)25-13)21(22,23)24/h3-7,12H,8-11H2,1-2H3,(H,25,29). The Hall–Kier alpha value is -2.87. The van der Waals surface area contributed by atoms with Crippen LogP contribution in [0.1, 0.15) is 11.3 Å². The third-order valence-electron chi connectivity index (χ3n) is 5.23. The van der Waals surface area contributed by atoms with E-state index in [0.717, 1.165) is 0 Å². The van der Waals surface area contributed by atoms with E-state index >= 15 is 0 Å². The molecule has 0 aliphatic carbocycles. The van der Waals surface area contributed by atoms with Crippen molar-refractivity contribution in [1.29, 1.82) is 0 Å². The average Bonchev–Trinajstić information content (AvgIpc) is 2.67. The zero-order valence-electron chi connectivity index (χ0n) is 16.2. The van der Waals surface area contributed by atoms with Crippen molar-refractivity contribution in [3.8, 4) is 11.3 Å². The zero-order chi connectivity index (χ0) is 20.8. The molecule has 5 nitrogen and oxygen atoms in total. The Morgan fingerprint density at radius 3 is 2.34 bits per heavy atom. The Bertz CT molecular complexity index is 1100. The highest BCUT2D eigenvalue weighted by atomic mass is 19.4. The predicted molar refractivity (Wildman–Crippen MR) is 107 cm³/mol. The van der Waals surface area contributed by atoms with Gasteiger partial charge in [0, 0.05) is 43.5 Å². The van der Waals surface area contributed by atoms with Gasteiger partial charge in [-0.15, -0.1) is 0 Å². The Balaban J connectivity index is 2.09. The molecule has 1 saturated heterocycles. The van der Waals surface area contributed by atoms with E-state index in [2.05, 4.69) is 14.9 Å². The summed E-state index contributed by atoms with van der Waals surface area (Å²) in [7, 11) is 1.94. The van der Waals surface area contributed by atoms with Crippen LogP contribution in [0.25, 0.3) is 22.2 Å². The third-order valence-corrected chi connectivity index (χ3v) is 5.23. The van der Waals surface area contributed by atoms with Crippen LogP contribution in [0, 0.1) is 6.92 Å². The van der Waals surface area contributed by atoms with Crippen molar-refractivity contribution < 1.29 is 13.2 Å². The second-order valence-corrected chi connectivity index (χ2v) is 7.38. The quantitative estimate of drug-likeness (QED) is 0.711. The molecule has 0 radical (unpaired) electrons. The molecule has 2 aromatic heterocycles. The normalized spacial score (nSPS) is 15.8. The molecule has 3 heterocycles. The fraction of sp³-hybridized carbons (Fsp3) is 0.333. The van der Waals surface area contributed by atoms with Gasteiger partial charge < -0.3 is 14.8 Å². The summed E-state index contributed by atoms with van der Waals surface area (Å²) in [6.45, 7) is 3.73. The number of rotatable bonds is 2. The van der Waals surface area contributed by atoms with Gasteiger partial charge in [-0.05, 0) is 14.0 Å². The summed E-state index contributed by atoms with van der Waals surface area (Å²) >= 11 is 0. The molecule has 1 aliphatic heterocycles. The zero-order valence-corrected chi connectivity index (χ0v) is 16.2. The minimum atomic E-state index is -4.66. The van der Waals surface area contributed by atoms with Crippen LogP contribution in [0.3, 0.4) is 0 Å². The number of aromatic amines is 1. The van der Waals surface area contributed by atoms with Crippen LogP contribution < -0.4 is 10.3 Å². The number of nitrogens with one attached hydrogen (secondary N) is 1. The first-order valence-corrected chi connectivity index (χ1v) is 9.39. The Morgan fingerprint density at radius 2 is 1.72 bits per heavy atom. The first-order valence-electron chi connectivity index (χ1n) is 9.39. The van der Waals surface area contributed by atoms with Gasteiger partial charge in [0.05, 0.1) is 16.6 Å². The third kappa shape index (κ3) is 3.60. The van der Waals surface area contributed by atoms with Crippen LogP contribution in [0.2, 0.25) is 0 Å². The van der Waals surface area contributed by atoms with Crippen LogP contribution in [-0.2, 0) is 6.18 Å². The minimum Gasteiger partial charge on any atom is -0.358 e. The molecule has 3 aromatic rings. The van der Waals surface area contributed by atoms with Gasteiger partial charge in [-0.1, -0.05) is 30.3 Å². The van der Waals surface area contributed by atoms with E-state index in [-0.39, 0.29) is 22.4 Å². The summed E-state index contributed by atoms with van der Waals surface area (Å²) in [6, 6.07) is 10.2. The summed E-state index contributed by atoms with van der Waals surface area (Å²) in [5.41, 5.74) is -0.303. The number of H-pyrrole nitrogens is 1. The molecular weight excluding hydrogens is 381 g/mol. The maximum Gasteiger partial charge on any atom is 0.421 e. The average molecular weight is 402 g/mol. The van der Waals surface area contributed by atoms with E-state index in [1.807, 2.05) is 13.1 Å². The fourth-order valence-corrected chi connectivity index (χ4v) is 3.76. The van der Waals surface area contributed by atoms with E-state index < -0.39 is 17.2 Å².